The quantitative estimate of drug-likeness (QED) is 0.477. The highest BCUT2D eigenvalue weighted by Gasteiger charge is 2.24. The third kappa shape index (κ3) is 5.64. The largest absolute Gasteiger partial charge is 0.395 e. The van der Waals surface area contributed by atoms with Crippen molar-refractivity contribution in [1.82, 2.24) is 14.9 Å². The molecule has 1 aromatic carbocycles. The number of halogens is 1. The van der Waals surface area contributed by atoms with Crippen LogP contribution in [0.5, 0.6) is 0 Å². The number of carbonyl (C=O) groups is 1. The number of piperazine rings is 1. The molecule has 3 heterocycles. The Balaban J connectivity index is 1.45. The maximum absolute atomic E-state index is 13.0. The summed E-state index contributed by atoms with van der Waals surface area (Å²) in [4.78, 5) is 30.9. The van der Waals surface area contributed by atoms with Crippen molar-refractivity contribution in [1.29, 1.82) is 0 Å². The summed E-state index contributed by atoms with van der Waals surface area (Å²) in [6, 6.07) is 7.40. The van der Waals surface area contributed by atoms with Gasteiger partial charge in [-0.1, -0.05) is 34.6 Å². The first-order valence-electron chi connectivity index (χ1n) is 10.8. The normalized spacial score (nSPS) is 19.5. The number of hydrogen-bond acceptors (Lipinski definition) is 8. The number of aliphatic hydroxyl groups excluding tert-OH is 1. The summed E-state index contributed by atoms with van der Waals surface area (Å²) in [5, 5.41) is 18.0. The number of amidine groups is 1. The summed E-state index contributed by atoms with van der Waals surface area (Å²) in [5.74, 6) is 2.08. The average Bonchev–Trinajstić information content (AvgIpc) is 3.25. The van der Waals surface area contributed by atoms with E-state index in [0.717, 1.165) is 37.6 Å². The summed E-state index contributed by atoms with van der Waals surface area (Å²) in [6.07, 6.45) is 1.64. The van der Waals surface area contributed by atoms with Crippen molar-refractivity contribution in [2.75, 3.05) is 54.9 Å². The van der Waals surface area contributed by atoms with Gasteiger partial charge in [-0.25, -0.2) is 15.0 Å². The molecule has 1 unspecified atom stereocenters. The molecular weight excluding hydrogens is 462 g/mol. The van der Waals surface area contributed by atoms with Crippen LogP contribution in [-0.4, -0.2) is 69.7 Å². The summed E-state index contributed by atoms with van der Waals surface area (Å²) >= 11 is 6.27. The zero-order valence-corrected chi connectivity index (χ0v) is 20.3. The number of aromatic nitrogens is 2. The lowest BCUT2D eigenvalue weighted by atomic mass is 10.2. The molecule has 0 saturated carbocycles. The molecule has 1 fully saturated rings. The third-order valence-corrected chi connectivity index (χ3v) is 7.47. The average molecular weight is 490 g/mol. The van der Waals surface area contributed by atoms with Gasteiger partial charge in [-0.3, -0.25) is 9.69 Å². The smallest absolute Gasteiger partial charge is 0.273 e. The van der Waals surface area contributed by atoms with Crippen LogP contribution in [0, 0.1) is 13.8 Å². The number of nitrogens with one attached hydrogen (secondary N) is 2. The van der Waals surface area contributed by atoms with E-state index in [9.17, 15) is 4.79 Å². The highest BCUT2D eigenvalue weighted by molar-refractivity contribution is 8.44. The molecule has 1 aromatic heterocycles. The van der Waals surface area contributed by atoms with Gasteiger partial charge in [0, 0.05) is 45.0 Å². The number of anilines is 3. The number of nitrogens with zero attached hydrogens (tertiary/aromatic N) is 5. The topological polar surface area (TPSA) is 106 Å². The van der Waals surface area contributed by atoms with E-state index in [1.54, 1.807) is 17.7 Å². The van der Waals surface area contributed by atoms with Crippen LogP contribution in [0.3, 0.4) is 0 Å². The number of rotatable bonds is 5. The molecule has 1 amide bonds. The first-order valence-corrected chi connectivity index (χ1v) is 12.5. The number of benzene rings is 1. The second-order valence-electron chi connectivity index (χ2n) is 7.82. The minimum Gasteiger partial charge on any atom is -0.395 e. The van der Waals surface area contributed by atoms with Gasteiger partial charge in [0.15, 0.2) is 5.17 Å². The molecule has 9 nitrogen and oxygen atoms in total. The minimum absolute atomic E-state index is 0.160. The Morgan fingerprint density at radius 3 is 2.73 bits per heavy atom. The molecule has 176 valence electrons. The Morgan fingerprint density at radius 2 is 2.00 bits per heavy atom. The number of aliphatic hydroxyl groups is 1. The van der Waals surface area contributed by atoms with E-state index in [-0.39, 0.29) is 11.8 Å². The lowest BCUT2D eigenvalue weighted by Gasteiger charge is -2.35. The Hall–Kier alpha value is -2.66. The Bertz CT molecular complexity index is 1070. The monoisotopic (exact) mass is 489 g/mol. The Kier molecular flexibility index (Phi) is 7.49. The predicted molar refractivity (Wildman–Crippen MR) is 137 cm³/mol. The molecule has 33 heavy (non-hydrogen) atoms. The van der Waals surface area contributed by atoms with Crippen molar-refractivity contribution in [3.8, 4) is 0 Å². The van der Waals surface area contributed by atoms with Gasteiger partial charge in [0.1, 0.15) is 17.5 Å². The number of thiol groups is 1. The number of aliphatic imine (C=N–C) groups is 1. The number of carbonyl (C=O) groups excluding carboxylic acids is 1. The van der Waals surface area contributed by atoms with E-state index in [0.29, 0.717) is 34.1 Å². The molecule has 0 aliphatic carbocycles. The highest BCUT2D eigenvalue weighted by atomic mass is 35.5. The third-order valence-electron chi connectivity index (χ3n) is 5.49. The van der Waals surface area contributed by atoms with Gasteiger partial charge >= 0.3 is 0 Å². The fourth-order valence-electron chi connectivity index (χ4n) is 3.75. The van der Waals surface area contributed by atoms with Gasteiger partial charge < -0.3 is 20.6 Å². The number of hydrogen-bond donors (Lipinski definition) is 4. The molecule has 2 aliphatic heterocycles. The van der Waals surface area contributed by atoms with Crippen molar-refractivity contribution in [3.63, 3.8) is 0 Å². The van der Waals surface area contributed by atoms with E-state index in [1.807, 2.05) is 32.0 Å². The lowest BCUT2D eigenvalue weighted by molar-refractivity contribution is 0.188. The van der Waals surface area contributed by atoms with Crippen LogP contribution in [0.15, 0.2) is 40.9 Å². The van der Waals surface area contributed by atoms with E-state index in [4.69, 9.17) is 16.7 Å². The van der Waals surface area contributed by atoms with Crippen LogP contribution in [0.1, 0.15) is 11.4 Å². The fourth-order valence-corrected chi connectivity index (χ4v) is 5.35. The van der Waals surface area contributed by atoms with Crippen molar-refractivity contribution < 1.29 is 9.90 Å². The van der Waals surface area contributed by atoms with Crippen molar-refractivity contribution in [3.05, 3.63) is 52.3 Å². The zero-order chi connectivity index (χ0) is 23.4. The molecule has 2 aliphatic rings. The van der Waals surface area contributed by atoms with Crippen molar-refractivity contribution in [2.24, 2.45) is 4.99 Å². The van der Waals surface area contributed by atoms with Gasteiger partial charge in [0.25, 0.3) is 5.24 Å². The molecule has 1 atom stereocenters. The van der Waals surface area contributed by atoms with Crippen LogP contribution in [0.4, 0.5) is 22.1 Å². The summed E-state index contributed by atoms with van der Waals surface area (Å²) < 4.78 is 0. The molecule has 1 saturated heterocycles. The zero-order valence-electron chi connectivity index (χ0n) is 18.6. The second-order valence-corrected chi connectivity index (χ2v) is 10.1. The lowest BCUT2D eigenvalue weighted by Crippen LogP contribution is -2.47. The van der Waals surface area contributed by atoms with E-state index in [2.05, 4.69) is 35.4 Å². The summed E-state index contributed by atoms with van der Waals surface area (Å²) in [6.45, 7) is 8.00. The molecule has 0 spiro atoms. The van der Waals surface area contributed by atoms with Crippen LogP contribution in [0.25, 0.3) is 0 Å². The molecule has 3 N–H and O–H groups in total. The SMILES string of the molecule is Cc1nc(NC2=NC=C[SH]2C(=O)Nc2c(C)cccc2Cl)cc(N2CCN(CCO)CC2)n1. The maximum Gasteiger partial charge on any atom is 0.273 e. The van der Waals surface area contributed by atoms with Gasteiger partial charge in [-0.15, -0.1) is 0 Å². The van der Waals surface area contributed by atoms with Gasteiger partial charge in [-0.2, -0.15) is 0 Å². The van der Waals surface area contributed by atoms with Crippen LogP contribution >= 0.6 is 22.5 Å². The van der Waals surface area contributed by atoms with Crippen molar-refractivity contribution >= 4 is 50.2 Å². The first kappa shape index (κ1) is 23.5. The van der Waals surface area contributed by atoms with Crippen LogP contribution < -0.4 is 15.5 Å². The number of aryl methyl sites for hydroxylation is 2. The number of β-amino-alcohol motifs (C(OH)–C–C–N with tert-alkyl or cyclic N) is 1. The summed E-state index contributed by atoms with van der Waals surface area (Å²) in [7, 11) is -1.34. The van der Waals surface area contributed by atoms with Gasteiger partial charge in [-0.05, 0) is 30.9 Å². The first-order chi connectivity index (χ1) is 15.9. The summed E-state index contributed by atoms with van der Waals surface area (Å²) in [5.41, 5.74) is 1.52. The van der Waals surface area contributed by atoms with E-state index in [1.165, 1.54) is 0 Å². The van der Waals surface area contributed by atoms with Gasteiger partial charge in [0.05, 0.1) is 17.3 Å². The molecule has 2 aromatic rings. The number of para-hydroxylation sites is 1. The van der Waals surface area contributed by atoms with E-state index >= 15 is 0 Å². The van der Waals surface area contributed by atoms with Crippen molar-refractivity contribution in [2.45, 2.75) is 13.8 Å². The maximum atomic E-state index is 13.0. The fraction of sp³-hybridized carbons (Fsp3) is 0.364. The second kappa shape index (κ2) is 10.5. The van der Waals surface area contributed by atoms with Crippen LogP contribution in [0.2, 0.25) is 5.02 Å². The molecule has 4 rings (SSSR count). The Labute approximate surface area is 200 Å². The predicted octanol–water partition coefficient (Wildman–Crippen LogP) is 3.35. The number of amides is 1. The highest BCUT2D eigenvalue weighted by Crippen LogP contribution is 2.37. The standard InChI is InChI=1S/C22H28ClN7O2S/c1-15-4-3-5-17(23)20(15)28-22(32)33-13-6-24-21(33)27-18-14-19(26-16(2)25-18)30-9-7-29(8-10-30)11-12-31/h3-6,13-14,31,33H,7-12H2,1-2H3,(H,28,32)(H,24,25,26,27). The minimum atomic E-state index is -1.34. The molecule has 0 radical (unpaired) electrons. The molecule has 11 heteroatoms. The van der Waals surface area contributed by atoms with Crippen LogP contribution in [-0.2, 0) is 0 Å². The Morgan fingerprint density at radius 1 is 1.21 bits per heavy atom. The van der Waals surface area contributed by atoms with Gasteiger partial charge in [0.2, 0.25) is 0 Å². The molecular formula is C22H28ClN7O2S. The van der Waals surface area contributed by atoms with E-state index < -0.39 is 10.9 Å². The molecule has 0 bridgehead atoms.